The van der Waals surface area contributed by atoms with Crippen molar-refractivity contribution in [2.45, 2.75) is 11.5 Å². The Kier molecular flexibility index (Phi) is 4.70. The van der Waals surface area contributed by atoms with Crippen molar-refractivity contribution in [3.63, 3.8) is 0 Å². The third-order valence-corrected chi connectivity index (χ3v) is 5.15. The molecule has 0 amide bonds. The van der Waals surface area contributed by atoms with E-state index in [0.29, 0.717) is 20.7 Å². The lowest BCUT2D eigenvalue weighted by Crippen LogP contribution is -2.14. The Morgan fingerprint density at radius 1 is 1.20 bits per heavy atom. The van der Waals surface area contributed by atoms with Gasteiger partial charge in [0.05, 0.1) is 12.3 Å². The maximum absolute atomic E-state index is 12.3. The van der Waals surface area contributed by atoms with Crippen molar-refractivity contribution in [1.29, 1.82) is 0 Å². The van der Waals surface area contributed by atoms with E-state index in [4.69, 9.17) is 16.7 Å². The highest BCUT2D eigenvalue weighted by Crippen LogP contribution is 2.26. The maximum atomic E-state index is 12.3. The molecule has 0 unspecified atom stereocenters. The zero-order valence-corrected chi connectivity index (χ0v) is 13.3. The number of hydrogen-bond donors (Lipinski definition) is 2. The molecule has 4 nitrogen and oxygen atoms in total. The molecule has 0 saturated carbocycles. The highest BCUT2D eigenvalue weighted by molar-refractivity contribution is 9.10. The van der Waals surface area contributed by atoms with Crippen molar-refractivity contribution in [2.75, 3.05) is 4.72 Å². The molecule has 0 fully saturated rings. The summed E-state index contributed by atoms with van der Waals surface area (Å²) in [5, 5.41) is 9.54. The predicted octanol–water partition coefficient (Wildman–Crippen LogP) is 3.40. The molecule has 2 aromatic rings. The van der Waals surface area contributed by atoms with Gasteiger partial charge >= 0.3 is 0 Å². The molecule has 0 aliphatic rings. The molecule has 0 aliphatic carbocycles. The average molecular weight is 377 g/mol. The molecule has 2 rings (SSSR count). The number of benzene rings is 2. The second-order valence-electron chi connectivity index (χ2n) is 4.04. The van der Waals surface area contributed by atoms with Crippen molar-refractivity contribution >= 4 is 43.2 Å². The predicted molar refractivity (Wildman–Crippen MR) is 82.3 cm³/mol. The monoisotopic (exact) mass is 375 g/mol. The molecule has 0 spiro atoms. The van der Waals surface area contributed by atoms with E-state index < -0.39 is 10.0 Å². The summed E-state index contributed by atoms with van der Waals surface area (Å²) in [7, 11) is -3.76. The van der Waals surface area contributed by atoms with Gasteiger partial charge in [0.15, 0.2) is 0 Å². The van der Waals surface area contributed by atoms with E-state index in [1.54, 1.807) is 30.3 Å². The van der Waals surface area contributed by atoms with E-state index in [-0.39, 0.29) is 11.5 Å². The summed E-state index contributed by atoms with van der Waals surface area (Å²) in [5.74, 6) is 0. The quantitative estimate of drug-likeness (QED) is 0.859. The number of hydrogen-bond acceptors (Lipinski definition) is 3. The summed E-state index contributed by atoms with van der Waals surface area (Å²) in [5.41, 5.74) is 0.887. The smallest absolute Gasteiger partial charge is 0.263 e. The van der Waals surface area contributed by atoms with Crippen LogP contribution in [0.15, 0.2) is 51.8 Å². The molecule has 20 heavy (non-hydrogen) atoms. The fourth-order valence-corrected chi connectivity index (χ4v) is 3.87. The van der Waals surface area contributed by atoms with Crippen LogP contribution in [0.3, 0.4) is 0 Å². The first kappa shape index (κ1) is 15.3. The van der Waals surface area contributed by atoms with Gasteiger partial charge in [0.2, 0.25) is 0 Å². The summed E-state index contributed by atoms with van der Waals surface area (Å²) in [4.78, 5) is 0.0593. The van der Waals surface area contributed by atoms with Crippen LogP contribution in [0.1, 0.15) is 5.56 Å². The first-order chi connectivity index (χ1) is 9.42. The van der Waals surface area contributed by atoms with E-state index in [1.807, 2.05) is 0 Å². The SMILES string of the molecule is O=S(=O)(Nc1cccc(Cl)c1)c1cc(CO)ccc1Br. The lowest BCUT2D eigenvalue weighted by Gasteiger charge is -2.11. The summed E-state index contributed by atoms with van der Waals surface area (Å²) in [6.07, 6.45) is 0. The van der Waals surface area contributed by atoms with E-state index >= 15 is 0 Å². The summed E-state index contributed by atoms with van der Waals surface area (Å²) < 4.78 is 27.5. The molecule has 0 aliphatic heterocycles. The third kappa shape index (κ3) is 3.52. The van der Waals surface area contributed by atoms with Gasteiger partial charge in [-0.1, -0.05) is 23.7 Å². The second-order valence-corrected chi connectivity index (χ2v) is 6.98. The Balaban J connectivity index is 2.40. The molecule has 0 heterocycles. The van der Waals surface area contributed by atoms with Gasteiger partial charge in [0, 0.05) is 9.50 Å². The lowest BCUT2D eigenvalue weighted by molar-refractivity contribution is 0.281. The zero-order valence-electron chi connectivity index (χ0n) is 10.2. The molecule has 0 aromatic heterocycles. The molecule has 2 N–H and O–H groups in total. The first-order valence-electron chi connectivity index (χ1n) is 5.60. The van der Waals surface area contributed by atoms with Crippen LogP contribution in [0.5, 0.6) is 0 Å². The third-order valence-electron chi connectivity index (χ3n) is 2.54. The van der Waals surface area contributed by atoms with Crippen molar-refractivity contribution in [2.24, 2.45) is 0 Å². The summed E-state index contributed by atoms with van der Waals surface area (Å²) >= 11 is 9.02. The van der Waals surface area contributed by atoms with Gasteiger partial charge in [0.1, 0.15) is 4.90 Å². The van der Waals surface area contributed by atoms with Crippen LogP contribution in [0.2, 0.25) is 5.02 Å². The van der Waals surface area contributed by atoms with Crippen molar-refractivity contribution in [3.8, 4) is 0 Å². The Morgan fingerprint density at radius 2 is 1.95 bits per heavy atom. The van der Waals surface area contributed by atoms with Gasteiger partial charge < -0.3 is 5.11 Å². The fourth-order valence-electron chi connectivity index (χ4n) is 1.61. The number of aliphatic hydroxyl groups excluding tert-OH is 1. The molecule has 7 heteroatoms. The van der Waals surface area contributed by atoms with Gasteiger partial charge in [0.25, 0.3) is 10.0 Å². The standard InChI is InChI=1S/C13H11BrClNO3S/c14-12-5-4-9(8-17)6-13(12)20(18,19)16-11-3-1-2-10(15)7-11/h1-7,16-17H,8H2. The zero-order chi connectivity index (χ0) is 14.8. The number of halogens is 2. The molecule has 106 valence electrons. The summed E-state index contributed by atoms with van der Waals surface area (Å²) in [6, 6.07) is 11.1. The number of rotatable bonds is 4. The molecule has 0 bridgehead atoms. The number of aliphatic hydroxyl groups is 1. The number of sulfonamides is 1. The van der Waals surface area contributed by atoms with Crippen molar-refractivity contribution in [1.82, 2.24) is 0 Å². The Bertz CT molecular complexity index is 734. The Hall–Kier alpha value is -1.08. The number of anilines is 1. The van der Waals surface area contributed by atoms with E-state index in [1.165, 1.54) is 12.1 Å². The van der Waals surface area contributed by atoms with Crippen LogP contribution in [0, 0.1) is 0 Å². The molecule has 0 atom stereocenters. The van der Waals surface area contributed by atoms with Crippen LogP contribution >= 0.6 is 27.5 Å². The van der Waals surface area contributed by atoms with Gasteiger partial charge in [-0.2, -0.15) is 0 Å². The van der Waals surface area contributed by atoms with E-state index in [0.717, 1.165) is 0 Å². The van der Waals surface area contributed by atoms with Crippen molar-refractivity contribution < 1.29 is 13.5 Å². The van der Waals surface area contributed by atoms with Gasteiger partial charge in [-0.25, -0.2) is 8.42 Å². The van der Waals surface area contributed by atoms with Gasteiger partial charge in [-0.05, 0) is 51.8 Å². The lowest BCUT2D eigenvalue weighted by atomic mass is 10.2. The van der Waals surface area contributed by atoms with Crippen LogP contribution < -0.4 is 4.72 Å². The molecular formula is C13H11BrClNO3S. The van der Waals surface area contributed by atoms with E-state index in [9.17, 15) is 8.42 Å². The fraction of sp³-hybridized carbons (Fsp3) is 0.0769. The maximum Gasteiger partial charge on any atom is 0.263 e. The minimum Gasteiger partial charge on any atom is -0.392 e. The van der Waals surface area contributed by atoms with Crippen LogP contribution in [-0.4, -0.2) is 13.5 Å². The minimum atomic E-state index is -3.76. The highest BCUT2D eigenvalue weighted by atomic mass is 79.9. The molecular weight excluding hydrogens is 366 g/mol. The Morgan fingerprint density at radius 3 is 2.60 bits per heavy atom. The number of nitrogens with one attached hydrogen (secondary N) is 1. The normalized spacial score (nSPS) is 11.3. The molecule has 2 aromatic carbocycles. The topological polar surface area (TPSA) is 66.4 Å². The average Bonchev–Trinajstić information content (AvgIpc) is 2.38. The second kappa shape index (κ2) is 6.13. The van der Waals surface area contributed by atoms with Crippen LogP contribution in [0.25, 0.3) is 0 Å². The molecule has 0 radical (unpaired) electrons. The summed E-state index contributed by atoms with van der Waals surface area (Å²) in [6.45, 7) is -0.229. The largest absolute Gasteiger partial charge is 0.392 e. The van der Waals surface area contributed by atoms with Gasteiger partial charge in [-0.3, -0.25) is 4.72 Å². The minimum absolute atomic E-state index is 0.0593. The van der Waals surface area contributed by atoms with Crippen molar-refractivity contribution in [3.05, 3.63) is 57.5 Å². The van der Waals surface area contributed by atoms with Crippen LogP contribution in [-0.2, 0) is 16.6 Å². The molecule has 0 saturated heterocycles. The highest BCUT2D eigenvalue weighted by Gasteiger charge is 2.18. The first-order valence-corrected chi connectivity index (χ1v) is 8.25. The van der Waals surface area contributed by atoms with Crippen LogP contribution in [0.4, 0.5) is 5.69 Å². The van der Waals surface area contributed by atoms with Gasteiger partial charge in [-0.15, -0.1) is 0 Å². The Labute approximate surface area is 130 Å². The van der Waals surface area contributed by atoms with E-state index in [2.05, 4.69) is 20.7 Å².